The van der Waals surface area contributed by atoms with Gasteiger partial charge in [-0.3, -0.25) is 0 Å². The molecule has 1 aromatic rings. The highest BCUT2D eigenvalue weighted by molar-refractivity contribution is 5.32. The van der Waals surface area contributed by atoms with Gasteiger partial charge in [0.25, 0.3) is 0 Å². The first kappa shape index (κ1) is 10.4. The molecule has 0 bridgehead atoms. The second kappa shape index (κ2) is 4.57. The summed E-state index contributed by atoms with van der Waals surface area (Å²) < 4.78 is 0. The largest absolute Gasteiger partial charge is 0.338 e. The van der Waals surface area contributed by atoms with Gasteiger partial charge in [0, 0.05) is 37.1 Å². The van der Waals surface area contributed by atoms with E-state index in [2.05, 4.69) is 27.1 Å². The monoisotopic (exact) mass is 206 g/mol. The molecular weight excluding hydrogens is 188 g/mol. The van der Waals surface area contributed by atoms with Gasteiger partial charge in [-0.2, -0.15) is 0 Å². The van der Waals surface area contributed by atoms with Crippen molar-refractivity contribution in [2.24, 2.45) is 0 Å². The van der Waals surface area contributed by atoms with Crippen LogP contribution in [0.25, 0.3) is 0 Å². The summed E-state index contributed by atoms with van der Waals surface area (Å²) in [6.07, 6.45) is 6.32. The topological polar surface area (TPSA) is 41.1 Å². The normalized spacial score (nSPS) is 20.9. The van der Waals surface area contributed by atoms with Crippen LogP contribution >= 0.6 is 0 Å². The van der Waals surface area contributed by atoms with E-state index in [0.717, 1.165) is 24.6 Å². The van der Waals surface area contributed by atoms with Gasteiger partial charge in [-0.05, 0) is 26.8 Å². The van der Waals surface area contributed by atoms with Gasteiger partial charge in [-0.25, -0.2) is 9.97 Å². The fourth-order valence-electron chi connectivity index (χ4n) is 2.02. The summed E-state index contributed by atoms with van der Waals surface area (Å²) in [5, 5.41) is 3.09. The van der Waals surface area contributed by atoms with Gasteiger partial charge in [-0.1, -0.05) is 0 Å². The van der Waals surface area contributed by atoms with Crippen LogP contribution in [0.4, 0.5) is 5.95 Å². The molecule has 15 heavy (non-hydrogen) atoms. The molecular formula is C11H18N4. The lowest BCUT2D eigenvalue weighted by molar-refractivity contribution is 0.713. The van der Waals surface area contributed by atoms with Crippen molar-refractivity contribution in [3.63, 3.8) is 0 Å². The molecule has 1 saturated heterocycles. The molecule has 0 aliphatic carbocycles. The zero-order valence-electron chi connectivity index (χ0n) is 9.40. The van der Waals surface area contributed by atoms with Gasteiger partial charge in [-0.15, -0.1) is 0 Å². The van der Waals surface area contributed by atoms with Crippen molar-refractivity contribution in [2.75, 3.05) is 18.5 Å². The minimum atomic E-state index is 0.583. The van der Waals surface area contributed by atoms with Crippen LogP contribution in [0, 0.1) is 0 Å². The van der Waals surface area contributed by atoms with Gasteiger partial charge >= 0.3 is 0 Å². The Balaban J connectivity index is 2.09. The Morgan fingerprint density at radius 2 is 2.20 bits per heavy atom. The van der Waals surface area contributed by atoms with E-state index in [1.54, 1.807) is 0 Å². The molecule has 0 amide bonds. The van der Waals surface area contributed by atoms with Crippen LogP contribution in [-0.4, -0.2) is 29.6 Å². The quantitative estimate of drug-likeness (QED) is 0.806. The Kier molecular flexibility index (Phi) is 3.16. The maximum atomic E-state index is 4.40. The van der Waals surface area contributed by atoms with Gasteiger partial charge in [0.1, 0.15) is 0 Å². The van der Waals surface area contributed by atoms with E-state index in [-0.39, 0.29) is 0 Å². The second-order valence-corrected chi connectivity index (χ2v) is 4.11. The number of nitrogens with one attached hydrogen (secondary N) is 1. The molecule has 1 N–H and O–H groups in total. The lowest BCUT2D eigenvalue weighted by atomic mass is 10.2. The summed E-state index contributed by atoms with van der Waals surface area (Å²) in [5.74, 6) is 0.875. The number of aromatic nitrogens is 2. The fourth-order valence-corrected chi connectivity index (χ4v) is 2.02. The summed E-state index contributed by atoms with van der Waals surface area (Å²) in [6.45, 7) is 4.15. The van der Waals surface area contributed by atoms with Gasteiger partial charge in [0.05, 0.1) is 0 Å². The Labute approximate surface area is 90.7 Å². The average Bonchev–Trinajstić information content (AvgIpc) is 2.66. The van der Waals surface area contributed by atoms with Gasteiger partial charge < -0.3 is 10.2 Å². The predicted octanol–water partition coefficient (Wildman–Crippen LogP) is 1.18. The smallest absolute Gasteiger partial charge is 0.225 e. The van der Waals surface area contributed by atoms with Crippen LogP contribution in [0.5, 0.6) is 0 Å². The molecule has 82 valence electrons. The van der Waals surface area contributed by atoms with Crippen molar-refractivity contribution in [3.05, 3.63) is 18.0 Å². The minimum Gasteiger partial charge on any atom is -0.338 e. The van der Waals surface area contributed by atoms with Crippen LogP contribution in [0.2, 0.25) is 0 Å². The Hall–Kier alpha value is -1.16. The first-order valence-electron chi connectivity index (χ1n) is 5.53. The fraction of sp³-hybridized carbons (Fsp3) is 0.636. The third-order valence-corrected chi connectivity index (χ3v) is 2.88. The van der Waals surface area contributed by atoms with Crippen LogP contribution in [0.1, 0.15) is 25.3 Å². The highest BCUT2D eigenvalue weighted by atomic mass is 15.3. The van der Waals surface area contributed by atoms with Crippen molar-refractivity contribution in [3.8, 4) is 0 Å². The summed E-state index contributed by atoms with van der Waals surface area (Å²) in [4.78, 5) is 11.1. The molecule has 2 rings (SSSR count). The molecule has 0 aromatic carbocycles. The van der Waals surface area contributed by atoms with Crippen molar-refractivity contribution in [2.45, 2.75) is 32.4 Å². The summed E-state index contributed by atoms with van der Waals surface area (Å²) in [7, 11) is 1.93. The molecule has 0 radical (unpaired) electrons. The second-order valence-electron chi connectivity index (χ2n) is 4.11. The standard InChI is InChI=1S/C11H18N4/c1-9-4-3-5-15(9)11-13-7-10(6-12-2)8-14-11/h7-9,12H,3-6H2,1-2H3. The maximum Gasteiger partial charge on any atom is 0.225 e. The molecule has 1 aliphatic heterocycles. The molecule has 0 spiro atoms. The molecule has 1 aromatic heterocycles. The highest BCUT2D eigenvalue weighted by Crippen LogP contribution is 2.21. The van der Waals surface area contributed by atoms with Crippen molar-refractivity contribution < 1.29 is 0 Å². The summed E-state index contributed by atoms with van der Waals surface area (Å²) >= 11 is 0. The molecule has 1 atom stereocenters. The lowest BCUT2D eigenvalue weighted by Crippen LogP contribution is -2.28. The Bertz CT molecular complexity index is 309. The molecule has 2 heterocycles. The molecule has 1 aliphatic rings. The van der Waals surface area contributed by atoms with E-state index < -0.39 is 0 Å². The number of anilines is 1. The molecule has 1 unspecified atom stereocenters. The Morgan fingerprint density at radius 3 is 2.73 bits per heavy atom. The van der Waals surface area contributed by atoms with E-state index in [1.165, 1.54) is 12.8 Å². The lowest BCUT2D eigenvalue weighted by Gasteiger charge is -2.20. The van der Waals surface area contributed by atoms with Gasteiger partial charge in [0.2, 0.25) is 5.95 Å². The van der Waals surface area contributed by atoms with E-state index in [0.29, 0.717) is 6.04 Å². The predicted molar refractivity (Wildman–Crippen MR) is 60.8 cm³/mol. The number of nitrogens with zero attached hydrogens (tertiary/aromatic N) is 3. The van der Waals surface area contributed by atoms with Crippen LogP contribution in [-0.2, 0) is 6.54 Å². The van der Waals surface area contributed by atoms with Crippen LogP contribution in [0.3, 0.4) is 0 Å². The number of hydrogen-bond donors (Lipinski definition) is 1. The third-order valence-electron chi connectivity index (χ3n) is 2.88. The molecule has 4 nitrogen and oxygen atoms in total. The molecule has 0 saturated carbocycles. The summed E-state index contributed by atoms with van der Waals surface area (Å²) in [5.41, 5.74) is 1.13. The SMILES string of the molecule is CNCc1cnc(N2CCCC2C)nc1. The van der Waals surface area contributed by atoms with Crippen LogP contribution in [0.15, 0.2) is 12.4 Å². The molecule has 1 fully saturated rings. The van der Waals surface area contributed by atoms with Crippen molar-refractivity contribution >= 4 is 5.95 Å². The zero-order valence-corrected chi connectivity index (χ0v) is 9.40. The first-order chi connectivity index (χ1) is 7.31. The first-order valence-corrected chi connectivity index (χ1v) is 5.53. The van der Waals surface area contributed by atoms with Crippen LogP contribution < -0.4 is 10.2 Å². The van der Waals surface area contributed by atoms with E-state index in [9.17, 15) is 0 Å². The van der Waals surface area contributed by atoms with Crippen molar-refractivity contribution in [1.29, 1.82) is 0 Å². The summed E-state index contributed by atoms with van der Waals surface area (Å²) in [6, 6.07) is 0.583. The number of hydrogen-bond acceptors (Lipinski definition) is 4. The van der Waals surface area contributed by atoms with E-state index in [1.807, 2.05) is 19.4 Å². The van der Waals surface area contributed by atoms with E-state index >= 15 is 0 Å². The highest BCUT2D eigenvalue weighted by Gasteiger charge is 2.22. The minimum absolute atomic E-state index is 0.583. The molecule has 4 heteroatoms. The number of rotatable bonds is 3. The zero-order chi connectivity index (χ0) is 10.7. The maximum absolute atomic E-state index is 4.40. The van der Waals surface area contributed by atoms with Crippen molar-refractivity contribution in [1.82, 2.24) is 15.3 Å². The van der Waals surface area contributed by atoms with Gasteiger partial charge in [0.15, 0.2) is 0 Å². The Morgan fingerprint density at radius 1 is 1.47 bits per heavy atom. The third kappa shape index (κ3) is 2.26. The average molecular weight is 206 g/mol. The van der Waals surface area contributed by atoms with E-state index in [4.69, 9.17) is 0 Å².